The van der Waals surface area contributed by atoms with Crippen LogP contribution in [0.15, 0.2) is 42.5 Å². The van der Waals surface area contributed by atoms with Gasteiger partial charge in [-0.1, -0.05) is 23.7 Å². The van der Waals surface area contributed by atoms with Crippen LogP contribution >= 0.6 is 11.6 Å². The summed E-state index contributed by atoms with van der Waals surface area (Å²) >= 11 is 5.92. The number of halogens is 2. The van der Waals surface area contributed by atoms with Gasteiger partial charge in [0, 0.05) is 10.6 Å². The van der Waals surface area contributed by atoms with E-state index in [0.717, 1.165) is 0 Å². The second-order valence-electron chi connectivity index (χ2n) is 4.26. The van der Waals surface area contributed by atoms with Gasteiger partial charge in [-0.3, -0.25) is 0 Å². The minimum absolute atomic E-state index is 0.0278. The third kappa shape index (κ3) is 3.61. The van der Waals surface area contributed by atoms with Gasteiger partial charge in [-0.25, -0.2) is 9.18 Å². The summed E-state index contributed by atoms with van der Waals surface area (Å²) in [5, 5.41) is 9.79. The van der Waals surface area contributed by atoms with Crippen molar-refractivity contribution in [3.05, 3.63) is 64.4 Å². The summed E-state index contributed by atoms with van der Waals surface area (Å²) in [4.78, 5) is 11.5. The van der Waals surface area contributed by atoms with Crippen LogP contribution in [0.1, 0.15) is 11.1 Å². The summed E-state index contributed by atoms with van der Waals surface area (Å²) in [6.45, 7) is 0. The molecule has 0 saturated heterocycles. The minimum Gasteiger partial charge on any atom is -0.496 e. The molecule has 2 rings (SSSR count). The summed E-state index contributed by atoms with van der Waals surface area (Å²) in [5.74, 6) is -1.21. The Morgan fingerprint density at radius 2 is 2.05 bits per heavy atom. The molecule has 0 aliphatic rings. The molecule has 0 aromatic heterocycles. The van der Waals surface area contributed by atoms with Crippen LogP contribution in [0.25, 0.3) is 11.6 Å². The molecule has 0 amide bonds. The molecule has 0 heterocycles. The van der Waals surface area contributed by atoms with Gasteiger partial charge in [0.05, 0.1) is 12.7 Å². The number of hydrogen-bond donors (Lipinski definition) is 1. The smallest absolute Gasteiger partial charge is 0.336 e. The van der Waals surface area contributed by atoms with Crippen LogP contribution in [-0.4, -0.2) is 18.2 Å². The van der Waals surface area contributed by atoms with Gasteiger partial charge in [0.2, 0.25) is 0 Å². The van der Waals surface area contributed by atoms with Crippen molar-refractivity contribution < 1.29 is 19.0 Å². The van der Waals surface area contributed by atoms with Gasteiger partial charge in [-0.05, 0) is 42.0 Å². The molecule has 0 aliphatic heterocycles. The quantitative estimate of drug-likeness (QED) is 0.683. The molecule has 108 valence electrons. The van der Waals surface area contributed by atoms with Gasteiger partial charge in [0.15, 0.2) is 0 Å². The van der Waals surface area contributed by atoms with Crippen LogP contribution < -0.4 is 4.74 Å². The molecule has 0 fully saturated rings. The van der Waals surface area contributed by atoms with Crippen LogP contribution in [0.3, 0.4) is 0 Å². The topological polar surface area (TPSA) is 46.5 Å². The van der Waals surface area contributed by atoms with E-state index < -0.39 is 11.8 Å². The summed E-state index contributed by atoms with van der Waals surface area (Å²) in [5.41, 5.74) is 0.746. The molecule has 3 nitrogen and oxygen atoms in total. The number of carbonyl (C=O) groups is 1. The lowest BCUT2D eigenvalue weighted by molar-refractivity contribution is -0.130. The van der Waals surface area contributed by atoms with Crippen molar-refractivity contribution in [2.24, 2.45) is 0 Å². The number of carboxylic acids is 1. The Labute approximate surface area is 126 Å². The van der Waals surface area contributed by atoms with E-state index in [1.165, 1.54) is 37.5 Å². The first kappa shape index (κ1) is 15.1. The van der Waals surface area contributed by atoms with Gasteiger partial charge < -0.3 is 9.84 Å². The first-order valence-electron chi connectivity index (χ1n) is 6.05. The number of benzene rings is 2. The molecule has 0 unspecified atom stereocenters. The molecule has 1 N–H and O–H groups in total. The zero-order chi connectivity index (χ0) is 15.4. The first-order valence-corrected chi connectivity index (χ1v) is 6.43. The van der Waals surface area contributed by atoms with Crippen molar-refractivity contribution in [3.63, 3.8) is 0 Å². The molecule has 0 atom stereocenters. The molecule has 0 radical (unpaired) electrons. The van der Waals surface area contributed by atoms with E-state index in [1.807, 2.05) is 0 Å². The van der Waals surface area contributed by atoms with Crippen molar-refractivity contribution >= 4 is 29.2 Å². The fraction of sp³-hybridized carbons (Fsp3) is 0.0625. The van der Waals surface area contributed by atoms with Crippen LogP contribution in [-0.2, 0) is 4.79 Å². The fourth-order valence-electron chi connectivity index (χ4n) is 1.91. The molecular weight excluding hydrogens is 295 g/mol. The Morgan fingerprint density at radius 1 is 1.29 bits per heavy atom. The lowest BCUT2D eigenvalue weighted by Gasteiger charge is -2.10. The third-order valence-electron chi connectivity index (χ3n) is 2.84. The van der Waals surface area contributed by atoms with Gasteiger partial charge in [-0.2, -0.15) is 0 Å². The number of aliphatic carboxylic acids is 1. The molecule has 0 spiro atoms. The van der Waals surface area contributed by atoms with Crippen molar-refractivity contribution in [3.8, 4) is 5.75 Å². The first-order chi connectivity index (χ1) is 10.0. The predicted molar refractivity (Wildman–Crippen MR) is 79.9 cm³/mol. The lowest BCUT2D eigenvalue weighted by Crippen LogP contribution is -2.02. The molecule has 21 heavy (non-hydrogen) atoms. The second kappa shape index (κ2) is 6.41. The van der Waals surface area contributed by atoms with E-state index in [-0.39, 0.29) is 5.57 Å². The number of methoxy groups -OCH3 is 1. The summed E-state index contributed by atoms with van der Waals surface area (Å²) in [6.07, 6.45) is 1.37. The van der Waals surface area contributed by atoms with Gasteiger partial charge >= 0.3 is 5.97 Å². The Bertz CT molecular complexity index is 710. The molecule has 5 heteroatoms. The predicted octanol–water partition coefficient (Wildman–Crippen LogP) is 4.11. The average Bonchev–Trinajstić information content (AvgIpc) is 2.44. The van der Waals surface area contributed by atoms with Crippen molar-refractivity contribution in [2.45, 2.75) is 0 Å². The third-order valence-corrected chi connectivity index (χ3v) is 3.08. The van der Waals surface area contributed by atoms with E-state index >= 15 is 0 Å². The zero-order valence-electron chi connectivity index (χ0n) is 11.1. The maximum atomic E-state index is 13.2. The Morgan fingerprint density at radius 3 is 2.67 bits per heavy atom. The Kier molecular flexibility index (Phi) is 4.60. The van der Waals surface area contributed by atoms with Crippen LogP contribution in [0.5, 0.6) is 5.75 Å². The Balaban J connectivity index is 2.59. The van der Waals surface area contributed by atoms with Crippen molar-refractivity contribution in [1.82, 2.24) is 0 Å². The van der Waals surface area contributed by atoms with Gasteiger partial charge in [0.1, 0.15) is 11.6 Å². The summed E-state index contributed by atoms with van der Waals surface area (Å²) in [7, 11) is 1.44. The summed E-state index contributed by atoms with van der Waals surface area (Å²) in [6, 6.07) is 10.3. The SMILES string of the molecule is COc1ccc(Cl)cc1/C(=C/c1cccc(F)c1)C(=O)O. The largest absolute Gasteiger partial charge is 0.496 e. The highest BCUT2D eigenvalue weighted by atomic mass is 35.5. The van der Waals surface area contributed by atoms with Gasteiger partial charge in [0.25, 0.3) is 0 Å². The molecule has 0 aliphatic carbocycles. The molecule has 2 aromatic rings. The van der Waals surface area contributed by atoms with E-state index in [1.54, 1.807) is 18.2 Å². The maximum absolute atomic E-state index is 13.2. The highest BCUT2D eigenvalue weighted by Crippen LogP contribution is 2.30. The van der Waals surface area contributed by atoms with Crippen LogP contribution in [0.4, 0.5) is 4.39 Å². The fourth-order valence-corrected chi connectivity index (χ4v) is 2.08. The van der Waals surface area contributed by atoms with E-state index in [2.05, 4.69) is 0 Å². The highest BCUT2D eigenvalue weighted by molar-refractivity contribution is 6.31. The van der Waals surface area contributed by atoms with E-state index in [0.29, 0.717) is 21.9 Å². The zero-order valence-corrected chi connectivity index (χ0v) is 11.9. The Hall–Kier alpha value is -2.33. The van der Waals surface area contributed by atoms with E-state index in [4.69, 9.17) is 16.3 Å². The molecule has 2 aromatic carbocycles. The van der Waals surface area contributed by atoms with Crippen LogP contribution in [0.2, 0.25) is 5.02 Å². The standard InChI is InChI=1S/C16H12ClFO3/c1-21-15-6-5-11(17)9-13(15)14(16(19)20)8-10-3-2-4-12(18)7-10/h2-9H,1H3,(H,19,20)/b14-8-. The number of carboxylic acid groups (broad SMARTS) is 1. The number of ether oxygens (including phenoxy) is 1. The maximum Gasteiger partial charge on any atom is 0.336 e. The molecular formula is C16H12ClFO3. The minimum atomic E-state index is -1.15. The summed E-state index contributed by atoms with van der Waals surface area (Å²) < 4.78 is 18.4. The van der Waals surface area contributed by atoms with Crippen molar-refractivity contribution in [1.29, 1.82) is 0 Å². The van der Waals surface area contributed by atoms with E-state index in [9.17, 15) is 14.3 Å². The van der Waals surface area contributed by atoms with Gasteiger partial charge in [-0.15, -0.1) is 0 Å². The highest BCUT2D eigenvalue weighted by Gasteiger charge is 2.16. The second-order valence-corrected chi connectivity index (χ2v) is 4.70. The number of hydrogen-bond acceptors (Lipinski definition) is 2. The lowest BCUT2D eigenvalue weighted by atomic mass is 10.0. The van der Waals surface area contributed by atoms with Crippen LogP contribution in [0, 0.1) is 5.82 Å². The molecule has 0 saturated carbocycles. The average molecular weight is 307 g/mol. The number of rotatable bonds is 4. The normalized spacial score (nSPS) is 11.3. The monoisotopic (exact) mass is 306 g/mol. The van der Waals surface area contributed by atoms with Crippen molar-refractivity contribution in [2.75, 3.05) is 7.11 Å². The molecule has 0 bridgehead atoms.